The standard InChI is InChI=1S/2C20H17N7OS2.C16H17N7S2.C15H15N7S2.C14H13N7S2/c1-12-7-17(30-26-12)24-19-20-21-10-16(13-8-22-23-9-13)27(20)11-18(25-19)29-15-5-3-14(28-2)4-6-15;1-12-6-17(30-26-12)24-19-20-21-10-16(13-8-22-23-9-13)27(20)11-18(25-19)29-15-5-3-4-14(7-15)28-2;1-9(2)24-14-8-23-12(11-5-18-19-6-11)7-17-16(23)15(21-14)20-13-4-10(3)22-25-13;1-3-23-13-8-22-11(10-5-17-18-6-10)7-16-15(22)14(20-13)19-12-4-9(2)21-24-12;1-8-3-11(23-20-8)18-13-14-15-6-10(9-4-16-17-5-9)21(14)7-12(19-13)22-2/h2*3-11H,1-2H3,(H,22,23)(H,24,25);4-9H,1-3H3,(H,18,19)(H,20,21);4-8H,3H2,1-2H3,(H,17,18)(H,19,20);3-7H,1-2H3,(H,16,17)(H,18,19). The van der Waals surface area contributed by atoms with E-state index in [-0.39, 0.29) is 0 Å². The van der Waals surface area contributed by atoms with Crippen molar-refractivity contribution in [1.82, 2.24) is 145 Å². The molecule has 10 N–H and O–H groups in total. The lowest BCUT2D eigenvalue weighted by Crippen LogP contribution is -2.01. The van der Waals surface area contributed by atoms with Gasteiger partial charge in [0, 0.05) is 105 Å². The molecule has 22 rings (SSSR count). The van der Waals surface area contributed by atoms with Gasteiger partial charge in [0.1, 0.15) is 61.6 Å². The number of nitrogens with zero attached hydrogens (tertiary/aromatic N) is 25. The molecule has 20 aromatic heterocycles. The second-order valence-corrected chi connectivity index (χ2v) is 38.8. The van der Waals surface area contributed by atoms with Crippen molar-refractivity contribution in [3.63, 3.8) is 0 Å². The maximum atomic E-state index is 5.35. The molecule has 2 aromatic carbocycles. The van der Waals surface area contributed by atoms with E-state index in [1.807, 2.05) is 230 Å². The third kappa shape index (κ3) is 20.8. The average molecular weight is 1940 g/mol. The van der Waals surface area contributed by atoms with Crippen molar-refractivity contribution < 1.29 is 9.47 Å². The Labute approximate surface area is 793 Å². The van der Waals surface area contributed by atoms with E-state index < -0.39 is 0 Å². The summed E-state index contributed by atoms with van der Waals surface area (Å²) in [4.78, 5) is 48.7. The van der Waals surface area contributed by atoms with Crippen LogP contribution in [0.4, 0.5) is 54.1 Å². The van der Waals surface area contributed by atoms with Crippen LogP contribution in [0.1, 0.15) is 49.2 Å². The van der Waals surface area contributed by atoms with Gasteiger partial charge in [-0.15, -0.1) is 35.3 Å². The number of ether oxygens (including phenoxy) is 2. The number of aryl methyl sites for hydroxylation is 5. The van der Waals surface area contributed by atoms with Crippen LogP contribution in [0.2, 0.25) is 0 Å². The number of aromatic nitrogens is 30. The average Bonchev–Trinajstić information content (AvgIpc) is 1.65. The summed E-state index contributed by atoms with van der Waals surface area (Å²) in [5.41, 5.74) is 18.3. The number of rotatable bonds is 26. The molecule has 132 heavy (non-hydrogen) atoms. The Kier molecular flexibility index (Phi) is 27.3. The lowest BCUT2D eigenvalue weighted by atomic mass is 10.3. The second-order valence-electron chi connectivity index (χ2n) is 28.9. The Balaban J connectivity index is 0.000000111. The van der Waals surface area contributed by atoms with Crippen LogP contribution in [-0.2, 0) is 0 Å². The van der Waals surface area contributed by atoms with Crippen molar-refractivity contribution in [1.29, 1.82) is 0 Å². The van der Waals surface area contributed by atoms with Crippen molar-refractivity contribution in [2.75, 3.05) is 52.8 Å². The highest BCUT2D eigenvalue weighted by atomic mass is 32.2. The van der Waals surface area contributed by atoms with Gasteiger partial charge in [0.2, 0.25) is 0 Å². The van der Waals surface area contributed by atoms with E-state index in [9.17, 15) is 0 Å². The van der Waals surface area contributed by atoms with Crippen molar-refractivity contribution >= 4 is 199 Å². The molecule has 37 nitrogen and oxygen atoms in total. The van der Waals surface area contributed by atoms with E-state index >= 15 is 0 Å². The predicted molar refractivity (Wildman–Crippen MR) is 527 cm³/mol. The van der Waals surface area contributed by atoms with Crippen LogP contribution in [0.25, 0.3) is 84.5 Å². The highest BCUT2D eigenvalue weighted by molar-refractivity contribution is 8.00. The number of benzene rings is 2. The number of imidazole rings is 5. The maximum Gasteiger partial charge on any atom is 0.181 e. The first-order valence-corrected chi connectivity index (χ1v) is 48.9. The van der Waals surface area contributed by atoms with Crippen LogP contribution in [0.15, 0.2) is 238 Å². The zero-order chi connectivity index (χ0) is 90.7. The Morgan fingerprint density at radius 2 is 0.659 bits per heavy atom. The highest BCUT2D eigenvalue weighted by Crippen LogP contribution is 2.40. The summed E-state index contributed by atoms with van der Waals surface area (Å²) in [7, 11) is 3.32. The molecule has 0 aliphatic rings. The molecule has 0 aliphatic heterocycles. The number of hydrogen-bond acceptors (Lipinski definition) is 37. The number of nitrogens with one attached hydrogen (secondary N) is 10. The monoisotopic (exact) mass is 1940 g/mol. The topological polar surface area (TPSA) is 437 Å². The molecule has 0 aliphatic carbocycles. The minimum absolute atomic E-state index is 0.435. The molecule has 0 spiro atoms. The van der Waals surface area contributed by atoms with Crippen molar-refractivity contribution in [2.45, 2.75) is 95.6 Å². The lowest BCUT2D eigenvalue weighted by molar-refractivity contribution is 0.413. The number of aromatic amines is 5. The van der Waals surface area contributed by atoms with Crippen LogP contribution in [0, 0.1) is 34.6 Å². The van der Waals surface area contributed by atoms with Crippen LogP contribution >= 0.6 is 116 Å². The van der Waals surface area contributed by atoms with Gasteiger partial charge in [-0.2, -0.15) is 47.4 Å². The van der Waals surface area contributed by atoms with Gasteiger partial charge in [0.25, 0.3) is 0 Å². The Morgan fingerprint density at radius 3 is 0.955 bits per heavy atom. The minimum Gasteiger partial charge on any atom is -0.497 e. The van der Waals surface area contributed by atoms with Gasteiger partial charge in [-0.1, -0.05) is 50.4 Å². The molecule has 0 amide bonds. The number of thioether (sulfide) groups is 3. The minimum atomic E-state index is 0.435. The molecule has 0 bridgehead atoms. The third-order valence-corrected chi connectivity index (χ3v) is 27.2. The van der Waals surface area contributed by atoms with Gasteiger partial charge in [-0.05, 0) is 177 Å². The lowest BCUT2D eigenvalue weighted by Gasteiger charge is -2.10. The van der Waals surface area contributed by atoms with Gasteiger partial charge in [0.05, 0.1) is 133 Å². The normalized spacial score (nSPS) is 11.2. The van der Waals surface area contributed by atoms with Gasteiger partial charge in [-0.3, -0.25) is 47.5 Å². The summed E-state index contributed by atoms with van der Waals surface area (Å²) < 4.78 is 42.4. The summed E-state index contributed by atoms with van der Waals surface area (Å²) >= 11 is 15.2. The summed E-state index contributed by atoms with van der Waals surface area (Å²) in [5, 5.41) is 60.8. The third-order valence-electron chi connectivity index (χ3n) is 19.1. The zero-order valence-corrected chi connectivity index (χ0v) is 80.1. The quantitative estimate of drug-likeness (QED) is 0.0225. The summed E-state index contributed by atoms with van der Waals surface area (Å²) in [6, 6.07) is 25.8. The molecule has 47 heteroatoms. The molecule has 20 heterocycles. The van der Waals surface area contributed by atoms with Gasteiger partial charge in [0.15, 0.2) is 57.3 Å². The molecular weight excluding hydrogens is 1860 g/mol. The van der Waals surface area contributed by atoms with E-state index in [1.54, 1.807) is 104 Å². The molecule has 22 aromatic rings. The molecule has 0 saturated heterocycles. The molecule has 0 fully saturated rings. The summed E-state index contributed by atoms with van der Waals surface area (Å²) in [5.74, 6) is 6.09. The van der Waals surface area contributed by atoms with Gasteiger partial charge >= 0.3 is 0 Å². The number of methoxy groups -OCH3 is 2. The number of fused-ring (bicyclic) bond motifs is 5. The Morgan fingerprint density at radius 1 is 0.356 bits per heavy atom. The SMILES string of the molecule is CCSc1cn2c(-c3cn[nH]c3)cnc2c(Nc2cc(C)ns2)n1.COc1ccc(Sc2cn3c(-c4cn[nH]c4)cnc3c(Nc3cc(C)ns3)n2)cc1.COc1cccc(Sc2cn3c(-c4cn[nH]c4)cnc3c(Nc3cc(C)ns3)n2)c1.CSc1cn2c(-c3cn[nH]c3)cnc2c(Nc2cc(C)ns2)n1.Cc1cc(Nc2nc(SC(C)C)cn3c(-c4cn[nH]c4)cnc23)sn1. The van der Waals surface area contributed by atoms with E-state index in [4.69, 9.17) is 29.4 Å². The summed E-state index contributed by atoms with van der Waals surface area (Å²) in [6.07, 6.45) is 39.3. The fourth-order valence-corrected chi connectivity index (χ4v) is 20.0. The van der Waals surface area contributed by atoms with Crippen LogP contribution in [0.5, 0.6) is 11.5 Å². The molecular formula is C85H79N35O2S10. The van der Waals surface area contributed by atoms with Gasteiger partial charge < -0.3 is 36.1 Å². The highest BCUT2D eigenvalue weighted by Gasteiger charge is 2.23. The van der Waals surface area contributed by atoms with Crippen molar-refractivity contribution in [2.24, 2.45) is 0 Å². The fraction of sp³-hybridized carbons (Fsp3) is 0.153. The fourth-order valence-electron chi connectivity index (χ4n) is 13.2. The maximum absolute atomic E-state index is 5.35. The number of hydrogen-bond donors (Lipinski definition) is 10. The van der Waals surface area contributed by atoms with E-state index in [0.717, 1.165) is 208 Å². The first kappa shape index (κ1) is 88.7. The molecule has 0 atom stereocenters. The zero-order valence-electron chi connectivity index (χ0n) is 71.9. The van der Waals surface area contributed by atoms with E-state index in [0.29, 0.717) is 16.9 Å². The molecule has 0 unspecified atom stereocenters. The van der Waals surface area contributed by atoms with Crippen molar-refractivity contribution in [3.8, 4) is 67.8 Å². The Hall–Kier alpha value is -13.9. The summed E-state index contributed by atoms with van der Waals surface area (Å²) in [6.45, 7) is 16.3. The largest absolute Gasteiger partial charge is 0.497 e. The van der Waals surface area contributed by atoms with E-state index in [2.05, 4.69) is 155 Å². The smallest absolute Gasteiger partial charge is 0.181 e. The first-order chi connectivity index (χ1) is 64.5. The van der Waals surface area contributed by atoms with Crippen LogP contribution in [0.3, 0.4) is 0 Å². The molecule has 666 valence electrons. The molecule has 0 radical (unpaired) electrons. The molecule has 0 saturated carbocycles. The van der Waals surface area contributed by atoms with Crippen LogP contribution < -0.4 is 36.1 Å². The number of H-pyrrole nitrogens is 5. The van der Waals surface area contributed by atoms with Crippen LogP contribution in [-0.4, -0.2) is 176 Å². The van der Waals surface area contributed by atoms with E-state index in [1.165, 1.54) is 57.7 Å². The predicted octanol–water partition coefficient (Wildman–Crippen LogP) is 20.8. The van der Waals surface area contributed by atoms with Gasteiger partial charge in [-0.25, -0.2) is 49.8 Å². The Bertz CT molecular complexity index is 7590. The first-order valence-electron chi connectivity index (χ1n) is 40.3. The van der Waals surface area contributed by atoms with Crippen molar-refractivity contribution in [3.05, 3.63) is 231 Å². The number of anilines is 10. The second kappa shape index (κ2) is 40.6.